The van der Waals surface area contributed by atoms with Gasteiger partial charge in [-0.15, -0.1) is 0 Å². The summed E-state index contributed by atoms with van der Waals surface area (Å²) in [5.41, 5.74) is 8.16. The standard InChI is InChI=1S/C18H22FN5O/c1-25-17-12-14(6-7-21-17)13-22-18(20)24-10-8-23(9-11-24)16-4-2-15(19)3-5-16/h2-7,12H,8-11,13H2,1H3,(H2,20,22). The fourth-order valence-electron chi connectivity index (χ4n) is 2.78. The molecule has 1 saturated heterocycles. The van der Waals surface area contributed by atoms with Crippen LogP contribution in [0.2, 0.25) is 0 Å². The van der Waals surface area contributed by atoms with Gasteiger partial charge in [0.15, 0.2) is 5.96 Å². The lowest BCUT2D eigenvalue weighted by atomic mass is 10.2. The van der Waals surface area contributed by atoms with Gasteiger partial charge in [-0.2, -0.15) is 0 Å². The van der Waals surface area contributed by atoms with Gasteiger partial charge >= 0.3 is 0 Å². The molecule has 0 unspecified atom stereocenters. The first-order valence-corrected chi connectivity index (χ1v) is 8.20. The Bertz CT molecular complexity index is 727. The monoisotopic (exact) mass is 343 g/mol. The van der Waals surface area contributed by atoms with E-state index >= 15 is 0 Å². The molecule has 0 amide bonds. The molecule has 2 heterocycles. The minimum Gasteiger partial charge on any atom is -0.481 e. The van der Waals surface area contributed by atoms with E-state index in [1.54, 1.807) is 25.4 Å². The van der Waals surface area contributed by atoms with E-state index < -0.39 is 0 Å². The van der Waals surface area contributed by atoms with Crippen molar-refractivity contribution in [2.45, 2.75) is 6.54 Å². The number of hydrogen-bond acceptors (Lipinski definition) is 4. The van der Waals surface area contributed by atoms with Gasteiger partial charge in [0.05, 0.1) is 13.7 Å². The molecule has 0 aliphatic carbocycles. The van der Waals surface area contributed by atoms with Crippen molar-refractivity contribution in [3.05, 3.63) is 54.0 Å². The number of nitrogens with two attached hydrogens (primary N) is 1. The topological polar surface area (TPSA) is 67.0 Å². The number of benzene rings is 1. The Hall–Kier alpha value is -2.83. The van der Waals surface area contributed by atoms with Crippen molar-refractivity contribution in [2.75, 3.05) is 38.2 Å². The molecule has 1 aliphatic heterocycles. The summed E-state index contributed by atoms with van der Waals surface area (Å²) in [6.07, 6.45) is 1.70. The Balaban J connectivity index is 1.55. The number of aromatic nitrogens is 1. The second kappa shape index (κ2) is 7.83. The Labute approximate surface area is 146 Å². The van der Waals surface area contributed by atoms with Gasteiger partial charge in [-0.25, -0.2) is 14.4 Å². The lowest BCUT2D eigenvalue weighted by Crippen LogP contribution is -2.51. The molecule has 0 radical (unpaired) electrons. The van der Waals surface area contributed by atoms with E-state index in [0.717, 1.165) is 37.4 Å². The molecule has 1 aromatic heterocycles. The van der Waals surface area contributed by atoms with E-state index in [4.69, 9.17) is 10.5 Å². The quantitative estimate of drug-likeness (QED) is 0.678. The van der Waals surface area contributed by atoms with Gasteiger partial charge in [-0.1, -0.05) is 0 Å². The number of nitrogens with zero attached hydrogens (tertiary/aromatic N) is 4. The normalized spacial score (nSPS) is 15.4. The highest BCUT2D eigenvalue weighted by molar-refractivity contribution is 5.78. The Morgan fingerprint density at radius 2 is 1.92 bits per heavy atom. The molecule has 25 heavy (non-hydrogen) atoms. The second-order valence-electron chi connectivity index (χ2n) is 5.83. The maximum Gasteiger partial charge on any atom is 0.213 e. The van der Waals surface area contributed by atoms with Crippen LogP contribution in [0.1, 0.15) is 5.56 Å². The number of anilines is 1. The molecule has 0 saturated carbocycles. The third kappa shape index (κ3) is 4.37. The first-order valence-electron chi connectivity index (χ1n) is 8.20. The molecular weight excluding hydrogens is 321 g/mol. The summed E-state index contributed by atoms with van der Waals surface area (Å²) in [7, 11) is 1.59. The van der Waals surface area contributed by atoms with Crippen LogP contribution in [0.5, 0.6) is 5.88 Å². The zero-order chi connectivity index (χ0) is 17.6. The van der Waals surface area contributed by atoms with Gasteiger partial charge < -0.3 is 20.3 Å². The zero-order valence-electron chi connectivity index (χ0n) is 14.2. The Morgan fingerprint density at radius 3 is 2.60 bits per heavy atom. The molecule has 132 valence electrons. The van der Waals surface area contributed by atoms with Crippen LogP contribution in [-0.4, -0.2) is 49.1 Å². The van der Waals surface area contributed by atoms with E-state index in [1.807, 2.05) is 12.1 Å². The lowest BCUT2D eigenvalue weighted by molar-refractivity contribution is 0.380. The van der Waals surface area contributed by atoms with Crippen molar-refractivity contribution in [2.24, 2.45) is 10.7 Å². The third-order valence-corrected chi connectivity index (χ3v) is 4.23. The fourth-order valence-corrected chi connectivity index (χ4v) is 2.78. The van der Waals surface area contributed by atoms with Gasteiger partial charge in [0.25, 0.3) is 0 Å². The number of ether oxygens (including phenoxy) is 1. The first-order chi connectivity index (χ1) is 12.2. The minimum atomic E-state index is -0.216. The fraction of sp³-hybridized carbons (Fsp3) is 0.333. The molecule has 0 atom stereocenters. The minimum absolute atomic E-state index is 0.216. The van der Waals surface area contributed by atoms with E-state index in [-0.39, 0.29) is 5.82 Å². The van der Waals surface area contributed by atoms with E-state index in [1.165, 1.54) is 12.1 Å². The summed E-state index contributed by atoms with van der Waals surface area (Å²) in [5, 5.41) is 0. The summed E-state index contributed by atoms with van der Waals surface area (Å²) >= 11 is 0. The Kier molecular flexibility index (Phi) is 5.33. The molecule has 7 heteroatoms. The van der Waals surface area contributed by atoms with Crippen LogP contribution < -0.4 is 15.4 Å². The third-order valence-electron chi connectivity index (χ3n) is 4.23. The van der Waals surface area contributed by atoms with Crippen molar-refractivity contribution in [3.8, 4) is 5.88 Å². The summed E-state index contributed by atoms with van der Waals surface area (Å²) < 4.78 is 18.1. The molecule has 3 rings (SSSR count). The van der Waals surface area contributed by atoms with Crippen LogP contribution in [0.25, 0.3) is 0 Å². The summed E-state index contributed by atoms with van der Waals surface area (Å²) in [5.74, 6) is 0.889. The lowest BCUT2D eigenvalue weighted by Gasteiger charge is -2.36. The molecule has 2 N–H and O–H groups in total. The van der Waals surface area contributed by atoms with Gasteiger partial charge in [-0.3, -0.25) is 0 Å². The van der Waals surface area contributed by atoms with E-state index in [9.17, 15) is 4.39 Å². The highest BCUT2D eigenvalue weighted by Crippen LogP contribution is 2.17. The number of hydrogen-bond donors (Lipinski definition) is 1. The molecule has 1 fully saturated rings. The summed E-state index contributed by atoms with van der Waals surface area (Å²) in [6.45, 7) is 3.71. The molecule has 0 spiro atoms. The molecular formula is C18H22FN5O. The summed E-state index contributed by atoms with van der Waals surface area (Å²) in [6, 6.07) is 10.3. The molecule has 6 nitrogen and oxygen atoms in total. The Morgan fingerprint density at radius 1 is 1.20 bits per heavy atom. The predicted molar refractivity (Wildman–Crippen MR) is 96.3 cm³/mol. The summed E-state index contributed by atoms with van der Waals surface area (Å²) in [4.78, 5) is 12.8. The van der Waals surface area contributed by atoms with Crippen LogP contribution >= 0.6 is 0 Å². The highest BCUT2D eigenvalue weighted by Gasteiger charge is 2.18. The van der Waals surface area contributed by atoms with Gasteiger partial charge in [-0.05, 0) is 35.9 Å². The number of piperazine rings is 1. The smallest absolute Gasteiger partial charge is 0.213 e. The number of aliphatic imine (C=N–C) groups is 1. The van der Waals surface area contributed by atoms with Crippen molar-refractivity contribution in [3.63, 3.8) is 0 Å². The number of rotatable bonds is 4. The second-order valence-corrected chi connectivity index (χ2v) is 5.83. The van der Waals surface area contributed by atoms with Crippen molar-refractivity contribution < 1.29 is 9.13 Å². The molecule has 0 bridgehead atoms. The SMILES string of the molecule is COc1cc(CN=C(N)N2CCN(c3ccc(F)cc3)CC2)ccn1. The highest BCUT2D eigenvalue weighted by atomic mass is 19.1. The average molecular weight is 343 g/mol. The maximum atomic E-state index is 13.0. The van der Waals surface area contributed by atoms with Crippen LogP contribution in [0.4, 0.5) is 10.1 Å². The van der Waals surface area contributed by atoms with Gasteiger partial charge in [0.2, 0.25) is 5.88 Å². The first kappa shape index (κ1) is 17.0. The van der Waals surface area contributed by atoms with Crippen LogP contribution in [0.15, 0.2) is 47.6 Å². The number of pyridine rings is 1. The van der Waals surface area contributed by atoms with E-state index in [0.29, 0.717) is 18.4 Å². The van der Waals surface area contributed by atoms with Gasteiger partial charge in [0, 0.05) is 44.1 Å². The zero-order valence-corrected chi connectivity index (χ0v) is 14.2. The van der Waals surface area contributed by atoms with Crippen molar-refractivity contribution >= 4 is 11.6 Å². The predicted octanol–water partition coefficient (Wildman–Crippen LogP) is 1.87. The van der Waals surface area contributed by atoms with Gasteiger partial charge in [0.1, 0.15) is 5.82 Å². The van der Waals surface area contributed by atoms with Crippen LogP contribution in [-0.2, 0) is 6.54 Å². The van der Waals surface area contributed by atoms with E-state index in [2.05, 4.69) is 19.8 Å². The van der Waals surface area contributed by atoms with Crippen molar-refractivity contribution in [1.82, 2.24) is 9.88 Å². The maximum absolute atomic E-state index is 13.0. The number of guanidine groups is 1. The van der Waals surface area contributed by atoms with Crippen LogP contribution in [0.3, 0.4) is 0 Å². The molecule has 1 aliphatic rings. The van der Waals surface area contributed by atoms with Crippen LogP contribution in [0, 0.1) is 5.82 Å². The number of halogens is 1. The average Bonchev–Trinajstić information content (AvgIpc) is 2.67. The van der Waals surface area contributed by atoms with Crippen molar-refractivity contribution in [1.29, 1.82) is 0 Å². The number of methoxy groups -OCH3 is 1. The largest absolute Gasteiger partial charge is 0.481 e. The molecule has 2 aromatic rings. The molecule has 1 aromatic carbocycles.